The van der Waals surface area contributed by atoms with Crippen LogP contribution in [0.15, 0.2) is 42.6 Å². The third-order valence-corrected chi connectivity index (χ3v) is 3.91. The van der Waals surface area contributed by atoms with Crippen LogP contribution in [0, 0.1) is 0 Å². The highest BCUT2D eigenvalue weighted by Crippen LogP contribution is 2.24. The van der Waals surface area contributed by atoms with Gasteiger partial charge in [-0.1, -0.05) is 18.2 Å². The van der Waals surface area contributed by atoms with Gasteiger partial charge in [0, 0.05) is 37.0 Å². The Bertz CT molecular complexity index is 717. The number of methoxy groups -OCH3 is 1. The molecule has 132 valence electrons. The number of rotatable bonds is 9. The Kier molecular flexibility index (Phi) is 5.85. The summed E-state index contributed by atoms with van der Waals surface area (Å²) in [6.45, 7) is 1.40. The van der Waals surface area contributed by atoms with Gasteiger partial charge in [0.15, 0.2) is 0 Å². The molecule has 6 heteroatoms. The molecule has 1 heterocycles. The maximum atomic E-state index is 12.4. The van der Waals surface area contributed by atoms with Crippen LogP contribution in [0.5, 0.6) is 5.75 Å². The number of benzene rings is 1. The van der Waals surface area contributed by atoms with Crippen molar-refractivity contribution >= 4 is 11.7 Å². The molecule has 1 saturated carbocycles. The summed E-state index contributed by atoms with van der Waals surface area (Å²) in [6, 6.07) is 11.7. The lowest BCUT2D eigenvalue weighted by Gasteiger charge is -2.12. The molecule has 0 saturated heterocycles. The molecule has 0 spiro atoms. The van der Waals surface area contributed by atoms with Crippen molar-refractivity contribution in [1.82, 2.24) is 10.3 Å². The van der Waals surface area contributed by atoms with Crippen molar-refractivity contribution in [3.05, 3.63) is 53.7 Å². The summed E-state index contributed by atoms with van der Waals surface area (Å²) < 4.78 is 10.7. The highest BCUT2D eigenvalue weighted by Gasteiger charge is 2.21. The van der Waals surface area contributed by atoms with Gasteiger partial charge in [0.25, 0.3) is 5.91 Å². The summed E-state index contributed by atoms with van der Waals surface area (Å²) >= 11 is 0. The van der Waals surface area contributed by atoms with E-state index >= 15 is 0 Å². The molecule has 0 atom stereocenters. The van der Waals surface area contributed by atoms with Gasteiger partial charge in [0.2, 0.25) is 0 Å². The average Bonchev–Trinajstić information content (AvgIpc) is 3.45. The lowest BCUT2D eigenvalue weighted by molar-refractivity contribution is 0.0950. The first-order valence-corrected chi connectivity index (χ1v) is 8.46. The van der Waals surface area contributed by atoms with E-state index < -0.39 is 0 Å². The van der Waals surface area contributed by atoms with Crippen molar-refractivity contribution in [1.29, 1.82) is 0 Å². The van der Waals surface area contributed by atoms with E-state index in [0.717, 1.165) is 30.0 Å². The van der Waals surface area contributed by atoms with Crippen LogP contribution in [0.25, 0.3) is 0 Å². The van der Waals surface area contributed by atoms with E-state index in [0.29, 0.717) is 31.4 Å². The monoisotopic (exact) mass is 341 g/mol. The molecular weight excluding hydrogens is 318 g/mol. The molecule has 1 amide bonds. The van der Waals surface area contributed by atoms with Crippen LogP contribution >= 0.6 is 0 Å². The summed E-state index contributed by atoms with van der Waals surface area (Å²) in [5.74, 6) is 1.37. The number of nitrogens with zero attached hydrogens (tertiary/aromatic N) is 1. The summed E-state index contributed by atoms with van der Waals surface area (Å²) in [5.41, 5.74) is 1.52. The predicted molar refractivity (Wildman–Crippen MR) is 95.9 cm³/mol. The molecule has 0 radical (unpaired) electrons. The number of para-hydroxylation sites is 1. The van der Waals surface area contributed by atoms with Gasteiger partial charge in [-0.3, -0.25) is 4.79 Å². The fourth-order valence-corrected chi connectivity index (χ4v) is 2.39. The first kappa shape index (κ1) is 17.2. The molecule has 0 bridgehead atoms. The van der Waals surface area contributed by atoms with Gasteiger partial charge < -0.3 is 20.1 Å². The second kappa shape index (κ2) is 8.48. The minimum atomic E-state index is -0.132. The van der Waals surface area contributed by atoms with Crippen LogP contribution in [-0.4, -0.2) is 37.3 Å². The molecule has 0 aliphatic heterocycles. The number of aromatic nitrogens is 1. The topological polar surface area (TPSA) is 72.5 Å². The van der Waals surface area contributed by atoms with Crippen LogP contribution in [0.4, 0.5) is 5.82 Å². The quantitative estimate of drug-likeness (QED) is 0.686. The first-order valence-electron chi connectivity index (χ1n) is 8.46. The molecule has 1 aromatic carbocycles. The third-order valence-electron chi connectivity index (χ3n) is 3.91. The fraction of sp³-hybridized carbons (Fsp3) is 0.368. The minimum absolute atomic E-state index is 0.132. The summed E-state index contributed by atoms with van der Waals surface area (Å²) in [7, 11) is 1.64. The number of amides is 1. The molecule has 1 aliphatic carbocycles. The smallest absolute Gasteiger partial charge is 0.251 e. The molecule has 2 aromatic rings. The van der Waals surface area contributed by atoms with Crippen molar-refractivity contribution in [2.75, 3.05) is 25.6 Å². The zero-order valence-corrected chi connectivity index (χ0v) is 14.3. The lowest BCUT2D eigenvalue weighted by atomic mass is 10.2. The first-order chi connectivity index (χ1) is 12.3. The van der Waals surface area contributed by atoms with Crippen molar-refractivity contribution in [2.24, 2.45) is 0 Å². The molecule has 6 nitrogen and oxygen atoms in total. The van der Waals surface area contributed by atoms with E-state index in [9.17, 15) is 4.79 Å². The van der Waals surface area contributed by atoms with Crippen molar-refractivity contribution in [3.63, 3.8) is 0 Å². The number of carbonyl (C=O) groups is 1. The van der Waals surface area contributed by atoms with E-state index in [1.165, 1.54) is 0 Å². The summed E-state index contributed by atoms with van der Waals surface area (Å²) in [6.07, 6.45) is 3.98. The number of anilines is 1. The second-order valence-electron chi connectivity index (χ2n) is 5.98. The number of pyridine rings is 1. The van der Waals surface area contributed by atoms with Crippen LogP contribution < -0.4 is 15.4 Å². The maximum absolute atomic E-state index is 12.4. The number of carbonyl (C=O) groups excluding carboxylic acids is 1. The van der Waals surface area contributed by atoms with Gasteiger partial charge in [-0.15, -0.1) is 0 Å². The Labute approximate surface area is 147 Å². The standard InChI is InChI=1S/C19H23N3O3/c1-24-10-11-25-17-5-3-2-4-15(17)13-21-19(23)14-8-9-20-18(12-14)22-16-6-7-16/h2-5,8-9,12,16H,6-7,10-11,13H2,1H3,(H,20,22)(H,21,23). The van der Waals surface area contributed by atoms with Gasteiger partial charge >= 0.3 is 0 Å². The number of nitrogens with one attached hydrogen (secondary N) is 2. The molecule has 25 heavy (non-hydrogen) atoms. The van der Waals surface area contributed by atoms with Gasteiger partial charge in [-0.05, 0) is 31.0 Å². The molecule has 3 rings (SSSR count). The summed E-state index contributed by atoms with van der Waals surface area (Å²) in [5, 5.41) is 6.24. The molecular formula is C19H23N3O3. The Morgan fingerprint density at radius 1 is 1.24 bits per heavy atom. The Morgan fingerprint density at radius 2 is 2.08 bits per heavy atom. The Hall–Kier alpha value is -2.60. The third kappa shape index (κ3) is 5.19. The van der Waals surface area contributed by atoms with E-state index in [1.54, 1.807) is 25.4 Å². The highest BCUT2D eigenvalue weighted by atomic mass is 16.5. The predicted octanol–water partition coefficient (Wildman–Crippen LogP) is 2.61. The largest absolute Gasteiger partial charge is 0.491 e. The van der Waals surface area contributed by atoms with Crippen LogP contribution in [-0.2, 0) is 11.3 Å². The minimum Gasteiger partial charge on any atom is -0.491 e. The normalized spacial score (nSPS) is 13.3. The molecule has 1 fully saturated rings. The lowest BCUT2D eigenvalue weighted by Crippen LogP contribution is -2.23. The zero-order valence-electron chi connectivity index (χ0n) is 14.3. The van der Waals surface area contributed by atoms with Crippen LogP contribution in [0.3, 0.4) is 0 Å². The second-order valence-corrected chi connectivity index (χ2v) is 5.98. The van der Waals surface area contributed by atoms with Gasteiger partial charge in [-0.25, -0.2) is 4.98 Å². The SMILES string of the molecule is COCCOc1ccccc1CNC(=O)c1ccnc(NC2CC2)c1. The van der Waals surface area contributed by atoms with Crippen LogP contribution in [0.2, 0.25) is 0 Å². The number of ether oxygens (including phenoxy) is 2. The van der Waals surface area contributed by atoms with Crippen molar-refractivity contribution in [2.45, 2.75) is 25.4 Å². The van der Waals surface area contributed by atoms with Gasteiger partial charge in [0.05, 0.1) is 6.61 Å². The maximum Gasteiger partial charge on any atom is 0.251 e. The van der Waals surface area contributed by atoms with Crippen LogP contribution in [0.1, 0.15) is 28.8 Å². The molecule has 0 unspecified atom stereocenters. The Balaban J connectivity index is 1.58. The fourth-order valence-electron chi connectivity index (χ4n) is 2.39. The average molecular weight is 341 g/mol. The van der Waals surface area contributed by atoms with Crippen molar-refractivity contribution in [3.8, 4) is 5.75 Å². The Morgan fingerprint density at radius 3 is 2.88 bits per heavy atom. The van der Waals surface area contributed by atoms with Gasteiger partial charge in [-0.2, -0.15) is 0 Å². The molecule has 2 N–H and O–H groups in total. The van der Waals surface area contributed by atoms with E-state index in [-0.39, 0.29) is 5.91 Å². The van der Waals surface area contributed by atoms with E-state index in [2.05, 4.69) is 15.6 Å². The van der Waals surface area contributed by atoms with E-state index in [1.807, 2.05) is 24.3 Å². The zero-order chi connectivity index (χ0) is 17.5. The number of hydrogen-bond donors (Lipinski definition) is 2. The van der Waals surface area contributed by atoms with E-state index in [4.69, 9.17) is 9.47 Å². The van der Waals surface area contributed by atoms with Crippen molar-refractivity contribution < 1.29 is 14.3 Å². The number of hydrogen-bond acceptors (Lipinski definition) is 5. The molecule has 1 aliphatic rings. The summed E-state index contributed by atoms with van der Waals surface area (Å²) in [4.78, 5) is 16.7. The van der Waals surface area contributed by atoms with Gasteiger partial charge in [0.1, 0.15) is 18.2 Å². The highest BCUT2D eigenvalue weighted by molar-refractivity contribution is 5.94. The molecule has 1 aromatic heterocycles.